The largest absolute Gasteiger partial charge is 0.396 e. The molecule has 6 nitrogen and oxygen atoms in total. The second kappa shape index (κ2) is 5.66. The van der Waals surface area contributed by atoms with Gasteiger partial charge < -0.3 is 16.8 Å². The monoisotopic (exact) mass is 277 g/mol. The van der Waals surface area contributed by atoms with Crippen LogP contribution in [0.1, 0.15) is 28.3 Å². The Morgan fingerprint density at radius 1 is 1.53 bits per heavy atom. The van der Waals surface area contributed by atoms with E-state index in [0.717, 1.165) is 5.01 Å². The van der Waals surface area contributed by atoms with E-state index in [4.69, 9.17) is 11.5 Å². The molecule has 0 aliphatic carbocycles. The van der Waals surface area contributed by atoms with Gasteiger partial charge in [0.2, 0.25) is 0 Å². The maximum absolute atomic E-state index is 11.1. The van der Waals surface area contributed by atoms with Crippen molar-refractivity contribution in [1.29, 1.82) is 0 Å². The molecule has 0 fully saturated rings. The van der Waals surface area contributed by atoms with E-state index in [0.29, 0.717) is 18.1 Å². The first kappa shape index (κ1) is 13.3. The number of thiazole rings is 1. The lowest BCUT2D eigenvalue weighted by atomic mass is 10.2. The quantitative estimate of drug-likeness (QED) is 0.766. The molecule has 1 atom stereocenters. The van der Waals surface area contributed by atoms with Crippen molar-refractivity contribution in [3.05, 3.63) is 34.4 Å². The van der Waals surface area contributed by atoms with E-state index in [9.17, 15) is 4.79 Å². The van der Waals surface area contributed by atoms with Crippen LogP contribution in [0.15, 0.2) is 23.7 Å². The van der Waals surface area contributed by atoms with Crippen LogP contribution in [0.4, 0.5) is 11.5 Å². The number of hydrogen-bond acceptors (Lipinski definition) is 6. The Hall–Kier alpha value is -2.15. The normalized spacial score (nSPS) is 12.1. The average molecular weight is 277 g/mol. The molecule has 2 rings (SSSR count). The molecule has 1 amide bonds. The van der Waals surface area contributed by atoms with Crippen molar-refractivity contribution in [1.82, 2.24) is 9.97 Å². The molecular formula is C12H15N5OS. The maximum Gasteiger partial charge on any atom is 0.267 e. The summed E-state index contributed by atoms with van der Waals surface area (Å²) in [5, 5.41) is 6.09. The van der Waals surface area contributed by atoms with Crippen molar-refractivity contribution in [2.45, 2.75) is 12.8 Å². The van der Waals surface area contributed by atoms with Crippen LogP contribution in [0.3, 0.4) is 0 Å². The van der Waals surface area contributed by atoms with Gasteiger partial charge in [-0.1, -0.05) is 6.92 Å². The van der Waals surface area contributed by atoms with Crippen LogP contribution in [-0.4, -0.2) is 22.4 Å². The van der Waals surface area contributed by atoms with E-state index >= 15 is 0 Å². The van der Waals surface area contributed by atoms with Crippen molar-refractivity contribution in [3.63, 3.8) is 0 Å². The molecule has 0 aliphatic rings. The molecule has 2 heterocycles. The molecule has 0 bridgehead atoms. The number of nitrogens with one attached hydrogen (secondary N) is 1. The number of rotatable bonds is 5. The minimum absolute atomic E-state index is 0.193. The number of anilines is 2. The third kappa shape index (κ3) is 3.19. The number of carbonyl (C=O) groups excluding carboxylic acids is 1. The fraction of sp³-hybridized carbons (Fsp3) is 0.250. The summed E-state index contributed by atoms with van der Waals surface area (Å²) in [7, 11) is 0. The van der Waals surface area contributed by atoms with E-state index in [-0.39, 0.29) is 11.6 Å². The van der Waals surface area contributed by atoms with Crippen LogP contribution in [0.2, 0.25) is 0 Å². The van der Waals surface area contributed by atoms with Crippen LogP contribution >= 0.6 is 11.3 Å². The van der Waals surface area contributed by atoms with Gasteiger partial charge in [0.25, 0.3) is 5.91 Å². The van der Waals surface area contributed by atoms with Crippen LogP contribution in [-0.2, 0) is 0 Å². The van der Waals surface area contributed by atoms with Gasteiger partial charge >= 0.3 is 0 Å². The van der Waals surface area contributed by atoms with Gasteiger partial charge in [-0.05, 0) is 12.1 Å². The van der Waals surface area contributed by atoms with Crippen molar-refractivity contribution < 1.29 is 4.79 Å². The van der Waals surface area contributed by atoms with Crippen molar-refractivity contribution >= 4 is 28.7 Å². The van der Waals surface area contributed by atoms with Crippen LogP contribution in [0.5, 0.6) is 0 Å². The van der Waals surface area contributed by atoms with Gasteiger partial charge in [0.1, 0.15) is 11.5 Å². The summed E-state index contributed by atoms with van der Waals surface area (Å²) in [6, 6.07) is 3.12. The predicted octanol–water partition coefficient (Wildman–Crippen LogP) is 1.43. The van der Waals surface area contributed by atoms with Crippen LogP contribution in [0.25, 0.3) is 0 Å². The second-order valence-electron chi connectivity index (χ2n) is 4.15. The highest BCUT2D eigenvalue weighted by Gasteiger charge is 2.11. The van der Waals surface area contributed by atoms with Gasteiger partial charge in [0.15, 0.2) is 0 Å². The summed E-state index contributed by atoms with van der Waals surface area (Å²) >= 11 is 1.60. The zero-order valence-electron chi connectivity index (χ0n) is 10.5. The molecule has 5 N–H and O–H groups in total. The lowest BCUT2D eigenvalue weighted by Gasteiger charge is -2.12. The summed E-state index contributed by atoms with van der Waals surface area (Å²) in [6.45, 7) is 2.69. The number of nitrogens with two attached hydrogens (primary N) is 2. The number of nitrogens with zero attached hydrogens (tertiary/aromatic N) is 2. The van der Waals surface area contributed by atoms with E-state index in [1.54, 1.807) is 23.6 Å². The summed E-state index contributed by atoms with van der Waals surface area (Å²) in [5.41, 5.74) is 11.7. The Balaban J connectivity index is 2.06. The molecule has 2 aromatic rings. The molecule has 100 valence electrons. The number of carbonyl (C=O) groups is 1. The van der Waals surface area contributed by atoms with Gasteiger partial charge in [0.05, 0.1) is 10.7 Å². The fourth-order valence-electron chi connectivity index (χ4n) is 1.56. The first-order valence-electron chi connectivity index (χ1n) is 5.77. The smallest absolute Gasteiger partial charge is 0.267 e. The van der Waals surface area contributed by atoms with Gasteiger partial charge in [-0.2, -0.15) is 0 Å². The molecule has 0 aliphatic heterocycles. The Morgan fingerprint density at radius 3 is 2.95 bits per heavy atom. The zero-order valence-corrected chi connectivity index (χ0v) is 11.3. The standard InChI is InChI=1S/C12H15N5OS/c1-7(12-15-4-5-19-12)6-16-11-8(13)2-3-9(17-11)10(14)18/h2-5,7H,6,13H2,1H3,(H2,14,18)(H,16,17). The molecule has 1 unspecified atom stereocenters. The topological polar surface area (TPSA) is 107 Å². The molecule has 0 saturated carbocycles. The Bertz CT molecular complexity index is 570. The molecule has 2 aromatic heterocycles. The Morgan fingerprint density at radius 2 is 2.32 bits per heavy atom. The van der Waals surface area contributed by atoms with E-state index in [1.165, 1.54) is 6.07 Å². The average Bonchev–Trinajstić information content (AvgIpc) is 2.91. The minimum atomic E-state index is -0.573. The SMILES string of the molecule is CC(CNc1nc(C(N)=O)ccc1N)c1nccs1. The number of aromatic nitrogens is 2. The number of nitrogen functional groups attached to an aromatic ring is 1. The molecular weight excluding hydrogens is 262 g/mol. The molecule has 7 heteroatoms. The van der Waals surface area contributed by atoms with Crippen molar-refractivity contribution in [3.8, 4) is 0 Å². The lowest BCUT2D eigenvalue weighted by Crippen LogP contribution is -2.17. The summed E-state index contributed by atoms with van der Waals surface area (Å²) in [5.74, 6) is 0.133. The third-order valence-electron chi connectivity index (χ3n) is 2.63. The van der Waals surface area contributed by atoms with E-state index in [2.05, 4.69) is 22.2 Å². The minimum Gasteiger partial charge on any atom is -0.396 e. The molecule has 0 radical (unpaired) electrons. The summed E-state index contributed by atoms with van der Waals surface area (Å²) < 4.78 is 0. The van der Waals surface area contributed by atoms with Crippen LogP contribution < -0.4 is 16.8 Å². The highest BCUT2D eigenvalue weighted by Crippen LogP contribution is 2.20. The van der Waals surface area contributed by atoms with Gasteiger partial charge in [-0.3, -0.25) is 4.79 Å². The Labute approximate surface area is 114 Å². The number of amides is 1. The van der Waals surface area contributed by atoms with Crippen LogP contribution in [0, 0.1) is 0 Å². The number of primary amides is 1. The summed E-state index contributed by atoms with van der Waals surface area (Å²) in [6.07, 6.45) is 1.77. The van der Waals surface area contributed by atoms with E-state index < -0.39 is 5.91 Å². The van der Waals surface area contributed by atoms with Gasteiger partial charge in [0, 0.05) is 24.0 Å². The Kier molecular flexibility index (Phi) is 3.96. The molecule has 0 spiro atoms. The van der Waals surface area contributed by atoms with Gasteiger partial charge in [-0.15, -0.1) is 11.3 Å². The first-order chi connectivity index (χ1) is 9.08. The number of hydrogen-bond donors (Lipinski definition) is 3. The zero-order chi connectivity index (χ0) is 13.8. The first-order valence-corrected chi connectivity index (χ1v) is 6.65. The lowest BCUT2D eigenvalue weighted by molar-refractivity contribution is 0.0996. The molecule has 19 heavy (non-hydrogen) atoms. The third-order valence-corrected chi connectivity index (χ3v) is 3.63. The highest BCUT2D eigenvalue weighted by atomic mass is 32.1. The van der Waals surface area contributed by atoms with Crippen molar-refractivity contribution in [2.75, 3.05) is 17.6 Å². The predicted molar refractivity (Wildman–Crippen MR) is 76.2 cm³/mol. The fourth-order valence-corrected chi connectivity index (χ4v) is 2.26. The highest BCUT2D eigenvalue weighted by molar-refractivity contribution is 7.09. The summed E-state index contributed by atoms with van der Waals surface area (Å²) in [4.78, 5) is 19.4. The number of pyridine rings is 1. The molecule has 0 aromatic carbocycles. The molecule has 0 saturated heterocycles. The van der Waals surface area contributed by atoms with Gasteiger partial charge in [-0.25, -0.2) is 9.97 Å². The van der Waals surface area contributed by atoms with Crippen molar-refractivity contribution in [2.24, 2.45) is 5.73 Å². The maximum atomic E-state index is 11.1. The van der Waals surface area contributed by atoms with E-state index in [1.807, 2.05) is 5.38 Å². The second-order valence-corrected chi connectivity index (χ2v) is 5.08.